The van der Waals surface area contributed by atoms with Gasteiger partial charge in [0.15, 0.2) is 0 Å². The number of nitrogens with two attached hydrogens (primary N) is 1. The van der Waals surface area contributed by atoms with Crippen LogP contribution in [0.2, 0.25) is 0 Å². The molecule has 2 atom stereocenters. The van der Waals surface area contributed by atoms with E-state index in [0.717, 1.165) is 0 Å². The quantitative estimate of drug-likeness (QED) is 0.309. The van der Waals surface area contributed by atoms with Crippen LogP contribution in [0.25, 0.3) is 0 Å². The van der Waals surface area contributed by atoms with Gasteiger partial charge in [-0.25, -0.2) is 0 Å². The Labute approximate surface area is 81.5 Å². The monoisotopic (exact) mass is 228 g/mol. The van der Waals surface area contributed by atoms with E-state index in [1.165, 1.54) is 6.92 Å². The molecular formula is C5H13N2O4PS. The third-order valence-corrected chi connectivity index (χ3v) is 2.92. The number of nitrogens with one attached hydrogen (secondary N) is 1. The molecule has 0 aromatic carbocycles. The predicted molar refractivity (Wildman–Crippen MR) is 51.5 cm³/mol. The van der Waals surface area contributed by atoms with Crippen LogP contribution >= 0.6 is 20.2 Å². The minimum Gasteiger partial charge on any atom is -0.341 e. The van der Waals surface area contributed by atoms with Crippen molar-refractivity contribution >= 4 is 26.1 Å². The Bertz CT molecular complexity index is 231. The molecule has 0 aromatic heterocycles. The SMILES string of the molecule is C[C@@H](NC(=O)[C@@H](N)CS)P(=O)(O)O. The van der Waals surface area contributed by atoms with Gasteiger partial charge in [-0.2, -0.15) is 12.6 Å². The first-order valence-electron chi connectivity index (χ1n) is 3.51. The summed E-state index contributed by atoms with van der Waals surface area (Å²) in [6.45, 7) is 1.21. The summed E-state index contributed by atoms with van der Waals surface area (Å²) >= 11 is 3.77. The van der Waals surface area contributed by atoms with Crippen molar-refractivity contribution in [3.05, 3.63) is 0 Å². The number of hydrogen-bond acceptors (Lipinski definition) is 4. The molecule has 0 aliphatic carbocycles. The smallest absolute Gasteiger partial charge is 0.341 e. The standard InChI is InChI=1S/C5H13N2O4PS/c1-3(12(9,10)11)7-5(8)4(6)2-13/h3-4,13H,2,6H2,1H3,(H,7,8)(H2,9,10,11)/t3-,4-/m0/s1. The van der Waals surface area contributed by atoms with Crippen molar-refractivity contribution in [3.63, 3.8) is 0 Å². The van der Waals surface area contributed by atoms with Gasteiger partial charge in [0.05, 0.1) is 6.04 Å². The second kappa shape index (κ2) is 4.97. The second-order valence-electron chi connectivity index (χ2n) is 2.56. The lowest BCUT2D eigenvalue weighted by atomic mass is 10.3. The molecule has 6 nitrogen and oxygen atoms in total. The maximum Gasteiger partial charge on any atom is 0.347 e. The summed E-state index contributed by atoms with van der Waals surface area (Å²) in [4.78, 5) is 28.3. The molecule has 0 fully saturated rings. The van der Waals surface area contributed by atoms with Crippen LogP contribution in [0, 0.1) is 0 Å². The Morgan fingerprint density at radius 3 is 2.46 bits per heavy atom. The van der Waals surface area contributed by atoms with Crippen LogP contribution in [0.5, 0.6) is 0 Å². The third kappa shape index (κ3) is 4.64. The maximum absolute atomic E-state index is 11.0. The van der Waals surface area contributed by atoms with Crippen molar-refractivity contribution in [2.45, 2.75) is 18.7 Å². The lowest BCUT2D eigenvalue weighted by Gasteiger charge is -2.17. The fourth-order valence-electron chi connectivity index (χ4n) is 0.480. The van der Waals surface area contributed by atoms with E-state index in [-0.39, 0.29) is 5.75 Å². The van der Waals surface area contributed by atoms with Crippen LogP contribution in [0.15, 0.2) is 0 Å². The Kier molecular flexibility index (Phi) is 4.95. The minimum absolute atomic E-state index is 0.125. The summed E-state index contributed by atoms with van der Waals surface area (Å²) < 4.78 is 10.6. The highest BCUT2D eigenvalue weighted by Gasteiger charge is 2.26. The number of rotatable bonds is 4. The van der Waals surface area contributed by atoms with E-state index in [0.29, 0.717) is 0 Å². The fourth-order valence-corrected chi connectivity index (χ4v) is 0.941. The molecule has 13 heavy (non-hydrogen) atoms. The molecule has 0 aliphatic rings. The number of thiol groups is 1. The molecule has 1 amide bonds. The van der Waals surface area contributed by atoms with Gasteiger partial charge in [-0.1, -0.05) is 0 Å². The molecule has 0 saturated carbocycles. The zero-order chi connectivity index (χ0) is 10.6. The molecular weight excluding hydrogens is 215 g/mol. The van der Waals surface area contributed by atoms with E-state index >= 15 is 0 Å². The number of carbonyl (C=O) groups excluding carboxylic acids is 1. The summed E-state index contributed by atoms with van der Waals surface area (Å²) in [7, 11) is -4.27. The van der Waals surface area contributed by atoms with Crippen LogP contribution < -0.4 is 11.1 Å². The van der Waals surface area contributed by atoms with Crippen molar-refractivity contribution in [3.8, 4) is 0 Å². The van der Waals surface area contributed by atoms with E-state index in [4.69, 9.17) is 15.5 Å². The number of amides is 1. The van der Waals surface area contributed by atoms with Gasteiger partial charge in [-0.15, -0.1) is 0 Å². The first-order valence-corrected chi connectivity index (χ1v) is 5.82. The third-order valence-electron chi connectivity index (χ3n) is 1.39. The minimum atomic E-state index is -4.27. The summed E-state index contributed by atoms with van der Waals surface area (Å²) in [6, 6.07) is -0.850. The average molecular weight is 228 g/mol. The van der Waals surface area contributed by atoms with E-state index in [9.17, 15) is 9.36 Å². The zero-order valence-electron chi connectivity index (χ0n) is 7.04. The Morgan fingerprint density at radius 1 is 1.69 bits per heavy atom. The normalized spacial score (nSPS) is 16.4. The molecule has 0 aliphatic heterocycles. The Balaban J connectivity index is 4.15. The molecule has 0 rings (SSSR count). The lowest BCUT2D eigenvalue weighted by Crippen LogP contribution is -2.45. The van der Waals surface area contributed by atoms with E-state index in [1.807, 2.05) is 0 Å². The van der Waals surface area contributed by atoms with Crippen molar-refractivity contribution in [1.29, 1.82) is 0 Å². The largest absolute Gasteiger partial charge is 0.347 e. The molecule has 0 aromatic rings. The predicted octanol–water partition coefficient (Wildman–Crippen LogP) is -1.12. The molecule has 8 heteroatoms. The molecule has 0 unspecified atom stereocenters. The first-order chi connectivity index (χ1) is 5.79. The first kappa shape index (κ1) is 12.9. The van der Waals surface area contributed by atoms with Gasteiger partial charge in [0.1, 0.15) is 5.78 Å². The zero-order valence-corrected chi connectivity index (χ0v) is 8.83. The van der Waals surface area contributed by atoms with Gasteiger partial charge in [-0.05, 0) is 6.92 Å². The fraction of sp³-hybridized carbons (Fsp3) is 0.800. The van der Waals surface area contributed by atoms with Gasteiger partial charge in [-0.3, -0.25) is 9.36 Å². The van der Waals surface area contributed by atoms with Crippen molar-refractivity contribution < 1.29 is 19.1 Å². The van der Waals surface area contributed by atoms with E-state index < -0.39 is 25.3 Å². The average Bonchev–Trinajstić information content (AvgIpc) is 2.01. The highest BCUT2D eigenvalue weighted by molar-refractivity contribution is 7.80. The molecule has 0 heterocycles. The van der Waals surface area contributed by atoms with Gasteiger partial charge >= 0.3 is 7.60 Å². The van der Waals surface area contributed by atoms with E-state index in [1.54, 1.807) is 0 Å². The Hall–Kier alpha value is -0.0700. The maximum atomic E-state index is 11.0. The van der Waals surface area contributed by atoms with Crippen molar-refractivity contribution in [1.82, 2.24) is 5.32 Å². The summed E-state index contributed by atoms with van der Waals surface area (Å²) in [5.41, 5.74) is 5.27. The van der Waals surface area contributed by atoms with Gasteiger partial charge in [0, 0.05) is 5.75 Å². The molecule has 0 saturated heterocycles. The van der Waals surface area contributed by atoms with Crippen molar-refractivity contribution in [2.75, 3.05) is 5.75 Å². The molecule has 5 N–H and O–H groups in total. The molecule has 0 spiro atoms. The number of carbonyl (C=O) groups is 1. The second-order valence-corrected chi connectivity index (χ2v) is 4.88. The summed E-state index contributed by atoms with van der Waals surface area (Å²) in [6.07, 6.45) is 0. The topological polar surface area (TPSA) is 113 Å². The molecule has 0 bridgehead atoms. The molecule has 0 radical (unpaired) electrons. The summed E-state index contributed by atoms with van der Waals surface area (Å²) in [5, 5.41) is 2.09. The highest BCUT2D eigenvalue weighted by atomic mass is 32.1. The lowest BCUT2D eigenvalue weighted by molar-refractivity contribution is -0.122. The summed E-state index contributed by atoms with van der Waals surface area (Å²) in [5.74, 6) is -1.71. The molecule has 78 valence electrons. The number of hydrogen-bond donors (Lipinski definition) is 5. The van der Waals surface area contributed by atoms with Gasteiger partial charge in [0.25, 0.3) is 0 Å². The van der Waals surface area contributed by atoms with Crippen molar-refractivity contribution in [2.24, 2.45) is 5.73 Å². The van der Waals surface area contributed by atoms with Crippen LogP contribution in [0.4, 0.5) is 0 Å². The van der Waals surface area contributed by atoms with Crippen LogP contribution in [0.3, 0.4) is 0 Å². The highest BCUT2D eigenvalue weighted by Crippen LogP contribution is 2.38. The van der Waals surface area contributed by atoms with Gasteiger partial charge < -0.3 is 20.8 Å². The van der Waals surface area contributed by atoms with Crippen LogP contribution in [0.1, 0.15) is 6.92 Å². The van der Waals surface area contributed by atoms with Gasteiger partial charge in [0.2, 0.25) is 5.91 Å². The van der Waals surface area contributed by atoms with Crippen LogP contribution in [-0.4, -0.2) is 33.3 Å². The van der Waals surface area contributed by atoms with E-state index in [2.05, 4.69) is 17.9 Å². The Morgan fingerprint density at radius 2 is 2.15 bits per heavy atom. The van der Waals surface area contributed by atoms with Crippen LogP contribution in [-0.2, 0) is 9.36 Å².